The molecule has 2 rings (SSSR count). The van der Waals surface area contributed by atoms with Crippen molar-refractivity contribution >= 4 is 27.3 Å². The minimum Gasteiger partial charge on any atom is -0.204 e. The van der Waals surface area contributed by atoms with E-state index in [1.54, 1.807) is 17.4 Å². The van der Waals surface area contributed by atoms with Crippen molar-refractivity contribution < 1.29 is 8.78 Å². The first kappa shape index (κ1) is 12.7. The molecule has 0 aliphatic heterocycles. The summed E-state index contributed by atoms with van der Waals surface area (Å²) in [5, 5.41) is 2.03. The fourth-order valence-corrected chi connectivity index (χ4v) is 3.63. The Morgan fingerprint density at radius 3 is 2.59 bits per heavy atom. The molecule has 1 atom stereocenters. The van der Waals surface area contributed by atoms with Crippen molar-refractivity contribution in [2.75, 3.05) is 0 Å². The van der Waals surface area contributed by atoms with Gasteiger partial charge < -0.3 is 0 Å². The van der Waals surface area contributed by atoms with Crippen LogP contribution in [0.25, 0.3) is 0 Å². The molecule has 0 saturated heterocycles. The molecule has 1 unspecified atom stereocenters. The van der Waals surface area contributed by atoms with Crippen LogP contribution in [0.5, 0.6) is 0 Å². The van der Waals surface area contributed by atoms with Gasteiger partial charge in [0.25, 0.3) is 0 Å². The number of alkyl halides is 1. The molecule has 0 saturated carbocycles. The van der Waals surface area contributed by atoms with Crippen molar-refractivity contribution in [3.63, 3.8) is 0 Å². The molecule has 0 radical (unpaired) electrons. The van der Waals surface area contributed by atoms with Crippen LogP contribution < -0.4 is 0 Å². The second-order valence-electron chi connectivity index (χ2n) is 3.89. The van der Waals surface area contributed by atoms with Gasteiger partial charge in [0.1, 0.15) is 0 Å². The van der Waals surface area contributed by atoms with Gasteiger partial charge in [0.2, 0.25) is 0 Å². The minimum atomic E-state index is -0.799. The van der Waals surface area contributed by atoms with Crippen molar-refractivity contribution in [1.82, 2.24) is 0 Å². The van der Waals surface area contributed by atoms with Crippen LogP contribution >= 0.6 is 27.3 Å². The second-order valence-corrected chi connectivity index (χ2v) is 5.94. The lowest BCUT2D eigenvalue weighted by molar-refractivity contribution is 0.507. The lowest BCUT2D eigenvalue weighted by atomic mass is 10.1. The highest BCUT2D eigenvalue weighted by atomic mass is 79.9. The molecule has 1 heterocycles. The van der Waals surface area contributed by atoms with E-state index in [1.807, 2.05) is 12.3 Å². The average molecular weight is 317 g/mol. The van der Waals surface area contributed by atoms with Gasteiger partial charge in [0.15, 0.2) is 11.6 Å². The number of halogens is 3. The Kier molecular flexibility index (Phi) is 3.94. The van der Waals surface area contributed by atoms with Crippen molar-refractivity contribution in [2.24, 2.45) is 0 Å². The minimum absolute atomic E-state index is 0.146. The van der Waals surface area contributed by atoms with Crippen LogP contribution in [0.15, 0.2) is 29.6 Å². The third kappa shape index (κ3) is 2.93. The lowest BCUT2D eigenvalue weighted by Gasteiger charge is -2.09. The molecule has 0 aliphatic carbocycles. The number of hydrogen-bond acceptors (Lipinski definition) is 1. The SMILES string of the molecule is Cc1ccsc1C(Br)Cc1ccc(F)c(F)c1. The zero-order valence-corrected chi connectivity index (χ0v) is 11.6. The highest BCUT2D eigenvalue weighted by Crippen LogP contribution is 2.33. The topological polar surface area (TPSA) is 0 Å². The fourth-order valence-electron chi connectivity index (χ4n) is 1.67. The maximum atomic E-state index is 13.1. The van der Waals surface area contributed by atoms with E-state index in [1.165, 1.54) is 22.6 Å². The predicted octanol–water partition coefficient (Wildman–Crippen LogP) is 5.01. The first-order valence-electron chi connectivity index (χ1n) is 5.20. The Labute approximate surface area is 111 Å². The van der Waals surface area contributed by atoms with E-state index in [2.05, 4.69) is 22.0 Å². The Balaban J connectivity index is 2.16. The van der Waals surface area contributed by atoms with Gasteiger partial charge in [-0.05, 0) is 48.1 Å². The molecular weight excluding hydrogens is 306 g/mol. The zero-order valence-electron chi connectivity index (χ0n) is 9.21. The van der Waals surface area contributed by atoms with Gasteiger partial charge in [-0.1, -0.05) is 22.0 Å². The van der Waals surface area contributed by atoms with E-state index in [-0.39, 0.29) is 4.83 Å². The van der Waals surface area contributed by atoms with E-state index in [0.29, 0.717) is 6.42 Å². The molecule has 0 nitrogen and oxygen atoms in total. The van der Waals surface area contributed by atoms with Gasteiger partial charge in [-0.15, -0.1) is 11.3 Å². The van der Waals surface area contributed by atoms with Crippen molar-refractivity contribution in [2.45, 2.75) is 18.2 Å². The maximum Gasteiger partial charge on any atom is 0.159 e. The summed E-state index contributed by atoms with van der Waals surface area (Å²) in [6, 6.07) is 6.10. The standard InChI is InChI=1S/C13H11BrF2S/c1-8-4-5-17-13(8)10(14)6-9-2-3-11(15)12(16)7-9/h2-5,7,10H,6H2,1H3. The summed E-state index contributed by atoms with van der Waals surface area (Å²) in [5.41, 5.74) is 2.01. The van der Waals surface area contributed by atoms with E-state index in [0.717, 1.165) is 5.56 Å². The fraction of sp³-hybridized carbons (Fsp3) is 0.231. The van der Waals surface area contributed by atoms with Crippen molar-refractivity contribution in [1.29, 1.82) is 0 Å². The van der Waals surface area contributed by atoms with Gasteiger partial charge in [0.05, 0.1) is 4.83 Å². The molecule has 17 heavy (non-hydrogen) atoms. The first-order valence-corrected chi connectivity index (χ1v) is 6.99. The van der Waals surface area contributed by atoms with E-state index in [4.69, 9.17) is 0 Å². The molecule has 0 bridgehead atoms. The quantitative estimate of drug-likeness (QED) is 0.698. The van der Waals surface area contributed by atoms with E-state index < -0.39 is 11.6 Å². The van der Waals surface area contributed by atoms with Crippen LogP contribution in [0.2, 0.25) is 0 Å². The summed E-state index contributed by atoms with van der Waals surface area (Å²) < 4.78 is 25.9. The first-order chi connectivity index (χ1) is 8.08. The highest BCUT2D eigenvalue weighted by molar-refractivity contribution is 9.09. The van der Waals surface area contributed by atoms with Crippen LogP contribution in [-0.2, 0) is 6.42 Å². The van der Waals surface area contributed by atoms with Gasteiger partial charge in [-0.25, -0.2) is 8.78 Å². The van der Waals surface area contributed by atoms with Crippen molar-refractivity contribution in [3.05, 3.63) is 57.3 Å². The molecule has 0 amide bonds. The van der Waals surface area contributed by atoms with Crippen molar-refractivity contribution in [3.8, 4) is 0 Å². The number of rotatable bonds is 3. The van der Waals surface area contributed by atoms with Crippen LogP contribution in [0.3, 0.4) is 0 Å². The van der Waals surface area contributed by atoms with E-state index in [9.17, 15) is 8.78 Å². The van der Waals surface area contributed by atoms with Gasteiger partial charge in [-0.3, -0.25) is 0 Å². The summed E-state index contributed by atoms with van der Waals surface area (Å²) in [6.07, 6.45) is 0.651. The molecule has 0 fully saturated rings. The molecule has 90 valence electrons. The molecule has 0 aliphatic rings. The van der Waals surface area contributed by atoms with Gasteiger partial charge in [-0.2, -0.15) is 0 Å². The summed E-state index contributed by atoms with van der Waals surface area (Å²) in [4.78, 5) is 1.38. The van der Waals surface area contributed by atoms with Crippen LogP contribution in [0, 0.1) is 18.6 Å². The molecule has 0 spiro atoms. The highest BCUT2D eigenvalue weighted by Gasteiger charge is 2.13. The average Bonchev–Trinajstić information content (AvgIpc) is 2.70. The number of aryl methyl sites for hydroxylation is 1. The molecule has 2 aromatic rings. The zero-order chi connectivity index (χ0) is 12.4. The Hall–Kier alpha value is -0.740. The second kappa shape index (κ2) is 5.27. The molecule has 4 heteroatoms. The van der Waals surface area contributed by atoms with Gasteiger partial charge >= 0.3 is 0 Å². The summed E-state index contributed by atoms with van der Waals surface area (Å²) >= 11 is 5.26. The molecule has 1 aromatic heterocycles. The summed E-state index contributed by atoms with van der Waals surface area (Å²) in [7, 11) is 0. The van der Waals surface area contributed by atoms with Crippen LogP contribution in [-0.4, -0.2) is 0 Å². The maximum absolute atomic E-state index is 13.1. The third-order valence-corrected chi connectivity index (χ3v) is 4.80. The number of hydrogen-bond donors (Lipinski definition) is 0. The third-order valence-electron chi connectivity index (χ3n) is 2.59. The van der Waals surface area contributed by atoms with Crippen LogP contribution in [0.1, 0.15) is 20.8 Å². The van der Waals surface area contributed by atoms with Crippen LogP contribution in [0.4, 0.5) is 8.78 Å². The van der Waals surface area contributed by atoms with E-state index >= 15 is 0 Å². The predicted molar refractivity (Wildman–Crippen MR) is 70.8 cm³/mol. The molecular formula is C13H11BrF2S. The Morgan fingerprint density at radius 2 is 2.00 bits per heavy atom. The largest absolute Gasteiger partial charge is 0.204 e. The Bertz CT molecular complexity index is 522. The number of benzene rings is 1. The number of thiophene rings is 1. The molecule has 0 N–H and O–H groups in total. The smallest absolute Gasteiger partial charge is 0.159 e. The molecule has 1 aromatic carbocycles. The summed E-state index contributed by atoms with van der Waals surface area (Å²) in [6.45, 7) is 2.05. The lowest BCUT2D eigenvalue weighted by Crippen LogP contribution is -1.96. The summed E-state index contributed by atoms with van der Waals surface area (Å²) in [5.74, 6) is -1.59. The van der Waals surface area contributed by atoms with Gasteiger partial charge in [0, 0.05) is 4.88 Å². The Morgan fingerprint density at radius 1 is 1.24 bits per heavy atom. The normalized spacial score (nSPS) is 12.7. The monoisotopic (exact) mass is 316 g/mol.